The van der Waals surface area contributed by atoms with Gasteiger partial charge in [-0.3, -0.25) is 14.2 Å². The molecule has 0 saturated carbocycles. The van der Waals surface area contributed by atoms with E-state index in [9.17, 15) is 14.7 Å². The molecule has 1 aromatic heterocycles. The first-order valence-electron chi connectivity index (χ1n) is 5.03. The van der Waals surface area contributed by atoms with E-state index in [-0.39, 0.29) is 11.8 Å². The zero-order chi connectivity index (χ0) is 12.6. The highest BCUT2D eigenvalue weighted by atomic mass is 16.5. The van der Waals surface area contributed by atoms with Gasteiger partial charge in [-0.2, -0.15) is 0 Å². The molecule has 1 N–H and O–H groups in total. The van der Waals surface area contributed by atoms with Crippen LogP contribution in [-0.4, -0.2) is 21.6 Å². The summed E-state index contributed by atoms with van der Waals surface area (Å²) in [4.78, 5) is 22.2. The van der Waals surface area contributed by atoms with Crippen molar-refractivity contribution in [1.82, 2.24) is 4.57 Å². The molecule has 2 rings (SSSR count). The molecule has 0 aliphatic carbocycles. The van der Waals surface area contributed by atoms with Crippen LogP contribution in [0.15, 0.2) is 24.3 Å². The Labute approximate surface area is 97.2 Å². The molecular formula is C12H11NO4. The first-order chi connectivity index (χ1) is 7.99. The summed E-state index contributed by atoms with van der Waals surface area (Å²) in [6.07, 6.45) is 0. The lowest BCUT2D eigenvalue weighted by Gasteiger charge is -2.03. The van der Waals surface area contributed by atoms with Crippen molar-refractivity contribution in [3.8, 4) is 11.6 Å². The van der Waals surface area contributed by atoms with Crippen molar-refractivity contribution in [1.29, 1.82) is 0 Å². The Kier molecular flexibility index (Phi) is 2.59. The van der Waals surface area contributed by atoms with E-state index in [0.717, 1.165) is 4.57 Å². The van der Waals surface area contributed by atoms with E-state index < -0.39 is 5.97 Å². The van der Waals surface area contributed by atoms with Gasteiger partial charge in [-0.05, 0) is 12.1 Å². The third-order valence-corrected chi connectivity index (χ3v) is 2.33. The smallest absolute Gasteiger partial charge is 0.308 e. The van der Waals surface area contributed by atoms with Crippen molar-refractivity contribution in [3.05, 3.63) is 24.3 Å². The zero-order valence-electron chi connectivity index (χ0n) is 9.43. The fraction of sp³-hybridized carbons (Fsp3) is 0.167. The van der Waals surface area contributed by atoms with Crippen LogP contribution >= 0.6 is 0 Å². The molecule has 0 aliphatic heterocycles. The Morgan fingerprint density at radius 3 is 2.53 bits per heavy atom. The molecule has 0 spiro atoms. The number of benzene rings is 1. The average molecular weight is 233 g/mol. The van der Waals surface area contributed by atoms with Gasteiger partial charge >= 0.3 is 5.97 Å². The maximum Gasteiger partial charge on any atom is 0.308 e. The second-order valence-electron chi connectivity index (χ2n) is 3.67. The standard InChI is InChI=1S/C12H11NO4/c1-7(14)13-11-6-10(17-8(2)15)4-3-9(11)5-12(13)16/h3-6,16H,1-2H3. The van der Waals surface area contributed by atoms with Gasteiger partial charge in [-0.15, -0.1) is 0 Å². The van der Waals surface area contributed by atoms with E-state index >= 15 is 0 Å². The van der Waals surface area contributed by atoms with Crippen molar-refractivity contribution < 1.29 is 19.4 Å². The van der Waals surface area contributed by atoms with Crippen molar-refractivity contribution in [2.75, 3.05) is 0 Å². The van der Waals surface area contributed by atoms with Gasteiger partial charge in [0.15, 0.2) is 5.88 Å². The second kappa shape index (κ2) is 3.93. The molecule has 0 amide bonds. The second-order valence-corrected chi connectivity index (χ2v) is 3.67. The number of ether oxygens (including phenoxy) is 1. The van der Waals surface area contributed by atoms with Crippen LogP contribution in [-0.2, 0) is 4.79 Å². The minimum atomic E-state index is -0.436. The Morgan fingerprint density at radius 2 is 1.94 bits per heavy atom. The van der Waals surface area contributed by atoms with E-state index in [2.05, 4.69) is 0 Å². The van der Waals surface area contributed by atoms with Crippen LogP contribution in [0, 0.1) is 0 Å². The van der Waals surface area contributed by atoms with Gasteiger partial charge in [-0.25, -0.2) is 0 Å². The fourth-order valence-electron chi connectivity index (χ4n) is 1.73. The van der Waals surface area contributed by atoms with Crippen molar-refractivity contribution in [2.45, 2.75) is 13.8 Å². The topological polar surface area (TPSA) is 68.5 Å². The summed E-state index contributed by atoms with van der Waals surface area (Å²) in [5.74, 6) is -0.537. The summed E-state index contributed by atoms with van der Waals surface area (Å²) in [7, 11) is 0. The lowest BCUT2D eigenvalue weighted by molar-refractivity contribution is -0.131. The molecule has 88 valence electrons. The maximum absolute atomic E-state index is 11.4. The summed E-state index contributed by atoms with van der Waals surface area (Å²) in [5, 5.41) is 10.3. The van der Waals surface area contributed by atoms with E-state index in [1.54, 1.807) is 12.1 Å². The first-order valence-corrected chi connectivity index (χ1v) is 5.03. The molecule has 1 heterocycles. The molecule has 0 atom stereocenters. The molecule has 5 nitrogen and oxygen atoms in total. The van der Waals surface area contributed by atoms with E-state index in [4.69, 9.17) is 4.74 Å². The molecule has 0 bridgehead atoms. The molecular weight excluding hydrogens is 222 g/mol. The maximum atomic E-state index is 11.4. The number of fused-ring (bicyclic) bond motifs is 1. The fourth-order valence-corrected chi connectivity index (χ4v) is 1.73. The first kappa shape index (κ1) is 11.2. The van der Waals surface area contributed by atoms with E-state index in [1.807, 2.05) is 0 Å². The molecule has 0 aliphatic rings. The molecule has 5 heteroatoms. The number of nitrogens with zero attached hydrogens (tertiary/aromatic N) is 1. The predicted molar refractivity (Wildman–Crippen MR) is 61.2 cm³/mol. The molecule has 2 aromatic rings. The summed E-state index contributed by atoms with van der Waals surface area (Å²) < 4.78 is 6.08. The summed E-state index contributed by atoms with van der Waals surface area (Å²) in [6.45, 7) is 2.64. The molecule has 0 unspecified atom stereocenters. The Hall–Kier alpha value is -2.30. The highest BCUT2D eigenvalue weighted by Crippen LogP contribution is 2.27. The van der Waals surface area contributed by atoms with Gasteiger partial charge in [-0.1, -0.05) is 0 Å². The zero-order valence-corrected chi connectivity index (χ0v) is 9.43. The van der Waals surface area contributed by atoms with E-state index in [0.29, 0.717) is 16.7 Å². The van der Waals surface area contributed by atoms with Crippen LogP contribution in [0.5, 0.6) is 11.6 Å². The van der Waals surface area contributed by atoms with Crippen LogP contribution in [0.2, 0.25) is 0 Å². The molecule has 1 aromatic carbocycles. The van der Waals surface area contributed by atoms with Crippen molar-refractivity contribution in [3.63, 3.8) is 0 Å². The highest BCUT2D eigenvalue weighted by Gasteiger charge is 2.12. The Morgan fingerprint density at radius 1 is 1.24 bits per heavy atom. The molecule has 0 fully saturated rings. The van der Waals surface area contributed by atoms with Crippen LogP contribution in [0.3, 0.4) is 0 Å². The molecule has 17 heavy (non-hydrogen) atoms. The van der Waals surface area contributed by atoms with Crippen LogP contribution in [0.4, 0.5) is 0 Å². The summed E-state index contributed by atoms with van der Waals surface area (Å²) >= 11 is 0. The number of hydrogen-bond donors (Lipinski definition) is 1. The van der Waals surface area contributed by atoms with Gasteiger partial charge in [0.2, 0.25) is 5.91 Å². The minimum Gasteiger partial charge on any atom is -0.494 e. The number of aromatic hydroxyl groups is 1. The number of aromatic nitrogens is 1. The van der Waals surface area contributed by atoms with E-state index in [1.165, 1.54) is 26.0 Å². The van der Waals surface area contributed by atoms with Crippen LogP contribution in [0.25, 0.3) is 10.9 Å². The number of esters is 1. The SMILES string of the molecule is CC(=O)Oc1ccc2cc(O)n(C(C)=O)c2c1. The normalized spacial score (nSPS) is 10.5. The summed E-state index contributed by atoms with van der Waals surface area (Å²) in [5.41, 5.74) is 0.508. The quantitative estimate of drug-likeness (QED) is 0.603. The Bertz CT molecular complexity index is 612. The highest BCUT2D eigenvalue weighted by molar-refractivity contribution is 5.94. The van der Waals surface area contributed by atoms with Gasteiger partial charge in [0.05, 0.1) is 5.52 Å². The van der Waals surface area contributed by atoms with Crippen molar-refractivity contribution in [2.24, 2.45) is 0 Å². The summed E-state index contributed by atoms with van der Waals surface area (Å²) in [6, 6.07) is 6.30. The number of carbonyl (C=O) groups excluding carboxylic acids is 2. The lowest BCUT2D eigenvalue weighted by atomic mass is 10.2. The third kappa shape index (κ3) is 1.99. The van der Waals surface area contributed by atoms with Gasteiger partial charge in [0, 0.05) is 31.4 Å². The van der Waals surface area contributed by atoms with Crippen LogP contribution < -0.4 is 4.74 Å². The number of carbonyl (C=O) groups is 2. The predicted octanol–water partition coefficient (Wildman–Crippen LogP) is 1.93. The third-order valence-electron chi connectivity index (χ3n) is 2.33. The number of hydrogen-bond acceptors (Lipinski definition) is 4. The molecule has 0 saturated heterocycles. The Balaban J connectivity index is 2.62. The molecule has 0 radical (unpaired) electrons. The monoisotopic (exact) mass is 233 g/mol. The average Bonchev–Trinajstić information content (AvgIpc) is 2.52. The van der Waals surface area contributed by atoms with Gasteiger partial charge in [0.1, 0.15) is 5.75 Å². The van der Waals surface area contributed by atoms with Crippen molar-refractivity contribution >= 4 is 22.8 Å². The van der Waals surface area contributed by atoms with Gasteiger partial charge < -0.3 is 9.84 Å². The van der Waals surface area contributed by atoms with Crippen LogP contribution in [0.1, 0.15) is 18.6 Å². The number of rotatable bonds is 1. The minimum absolute atomic E-state index is 0.132. The lowest BCUT2D eigenvalue weighted by Crippen LogP contribution is -2.05. The van der Waals surface area contributed by atoms with Gasteiger partial charge in [0.25, 0.3) is 0 Å². The largest absolute Gasteiger partial charge is 0.494 e.